The van der Waals surface area contributed by atoms with Gasteiger partial charge < -0.3 is 0 Å². The lowest BCUT2D eigenvalue weighted by molar-refractivity contribution is -0.223. The Morgan fingerprint density at radius 2 is 1.46 bits per heavy atom. The Balaban J connectivity index is 1.42. The maximum absolute atomic E-state index is 12.4. The van der Waals surface area contributed by atoms with E-state index in [2.05, 4.69) is 0 Å². The second-order valence-electron chi connectivity index (χ2n) is 5.70. The number of β-lactam (4-membered cyclic amide) rings is 1. The minimum absolute atomic E-state index is 0.192. The normalized spacial score (nSPS) is 19.5. The number of hydrogen-bond acceptors (Lipinski definition) is 4. The van der Waals surface area contributed by atoms with Gasteiger partial charge in [-0.15, -0.1) is 0 Å². The molecule has 1 unspecified atom stereocenters. The Morgan fingerprint density at radius 3 is 2.04 bits per heavy atom. The van der Waals surface area contributed by atoms with Crippen molar-refractivity contribution in [2.45, 2.75) is 12.6 Å². The number of hydrogen-bond donors (Lipinski definition) is 0. The monoisotopic (exact) mass is 322 g/mol. The fraction of sp³-hybridized carbons (Fsp3) is 0.167. The minimum Gasteiger partial charge on any atom is -0.270 e. The van der Waals surface area contributed by atoms with Crippen molar-refractivity contribution in [1.82, 2.24) is 9.96 Å². The molecule has 0 bridgehead atoms. The average Bonchev–Trinajstić information content (AvgIpc) is 2.87. The molecule has 6 nitrogen and oxygen atoms in total. The van der Waals surface area contributed by atoms with E-state index < -0.39 is 17.9 Å². The first kappa shape index (κ1) is 14.6. The second kappa shape index (κ2) is 5.58. The highest BCUT2D eigenvalue weighted by molar-refractivity contribution is 6.23. The smallest absolute Gasteiger partial charge is 0.270 e. The molecule has 2 aliphatic heterocycles. The first-order valence-electron chi connectivity index (χ1n) is 7.62. The first-order chi connectivity index (χ1) is 11.7. The van der Waals surface area contributed by atoms with Crippen LogP contribution in [-0.4, -0.2) is 40.3 Å². The summed E-state index contributed by atoms with van der Waals surface area (Å²) in [4.78, 5) is 43.5. The number of fused-ring (bicyclic) bond motifs is 1. The molecule has 120 valence electrons. The fourth-order valence-corrected chi connectivity index (χ4v) is 2.90. The van der Waals surface area contributed by atoms with Crippen molar-refractivity contribution in [3.8, 4) is 0 Å². The third kappa shape index (κ3) is 2.19. The van der Waals surface area contributed by atoms with E-state index in [1.165, 1.54) is 5.06 Å². The Morgan fingerprint density at radius 1 is 0.875 bits per heavy atom. The number of imide groups is 1. The maximum atomic E-state index is 12.4. The SMILES string of the molecule is O=C1C(N2C(=O)c3ccccc3C2=O)CN1OCc1ccccc1. The van der Waals surface area contributed by atoms with Gasteiger partial charge in [0.15, 0.2) is 0 Å². The quantitative estimate of drug-likeness (QED) is 0.634. The molecule has 2 aromatic rings. The van der Waals surface area contributed by atoms with Crippen LogP contribution in [0.2, 0.25) is 0 Å². The first-order valence-corrected chi connectivity index (χ1v) is 7.62. The van der Waals surface area contributed by atoms with Crippen molar-refractivity contribution in [2.24, 2.45) is 0 Å². The van der Waals surface area contributed by atoms with E-state index in [4.69, 9.17) is 4.84 Å². The summed E-state index contributed by atoms with van der Waals surface area (Å²) in [7, 11) is 0. The van der Waals surface area contributed by atoms with E-state index in [1.54, 1.807) is 24.3 Å². The van der Waals surface area contributed by atoms with Crippen LogP contribution in [-0.2, 0) is 16.2 Å². The minimum atomic E-state index is -0.784. The predicted molar refractivity (Wildman–Crippen MR) is 83.7 cm³/mol. The highest BCUT2D eigenvalue weighted by Crippen LogP contribution is 2.29. The van der Waals surface area contributed by atoms with Gasteiger partial charge in [-0.2, -0.15) is 0 Å². The standard InChI is InChI=1S/C18H14N2O4/c21-16-13-8-4-5-9-14(13)17(22)20(16)15-10-19(18(15)23)24-11-12-6-2-1-3-7-12/h1-9,15H,10-11H2. The summed E-state index contributed by atoms with van der Waals surface area (Å²) >= 11 is 0. The highest BCUT2D eigenvalue weighted by Gasteiger charge is 2.50. The molecule has 0 saturated carbocycles. The maximum Gasteiger partial charge on any atom is 0.271 e. The molecule has 24 heavy (non-hydrogen) atoms. The van der Waals surface area contributed by atoms with Crippen LogP contribution in [0.25, 0.3) is 0 Å². The molecule has 0 radical (unpaired) electrons. The zero-order valence-electron chi connectivity index (χ0n) is 12.7. The van der Waals surface area contributed by atoms with Crippen LogP contribution < -0.4 is 0 Å². The van der Waals surface area contributed by atoms with Crippen molar-refractivity contribution in [3.05, 3.63) is 71.3 Å². The molecular formula is C18H14N2O4. The molecule has 0 aromatic heterocycles. The van der Waals surface area contributed by atoms with Gasteiger partial charge in [0, 0.05) is 0 Å². The molecule has 0 spiro atoms. The van der Waals surface area contributed by atoms with E-state index in [0.717, 1.165) is 10.5 Å². The molecule has 1 fully saturated rings. The van der Waals surface area contributed by atoms with Crippen LogP contribution in [0.5, 0.6) is 0 Å². The van der Waals surface area contributed by atoms with Crippen LogP contribution in [0.1, 0.15) is 26.3 Å². The van der Waals surface area contributed by atoms with Crippen molar-refractivity contribution in [1.29, 1.82) is 0 Å². The van der Waals surface area contributed by atoms with Gasteiger partial charge in [-0.05, 0) is 17.7 Å². The number of amides is 3. The predicted octanol–water partition coefficient (Wildman–Crippen LogP) is 1.63. The molecule has 0 aliphatic carbocycles. The van der Waals surface area contributed by atoms with Gasteiger partial charge in [-0.25, -0.2) is 5.06 Å². The summed E-state index contributed by atoms with van der Waals surface area (Å²) in [5.41, 5.74) is 1.63. The molecule has 1 saturated heterocycles. The Labute approximate surface area is 138 Å². The topological polar surface area (TPSA) is 66.9 Å². The number of rotatable bonds is 4. The summed E-state index contributed by atoms with van der Waals surface area (Å²) in [5.74, 6) is -1.21. The van der Waals surface area contributed by atoms with Gasteiger partial charge in [0.05, 0.1) is 17.7 Å². The van der Waals surface area contributed by atoms with E-state index in [1.807, 2.05) is 30.3 Å². The van der Waals surface area contributed by atoms with E-state index in [0.29, 0.717) is 11.1 Å². The zero-order chi connectivity index (χ0) is 16.7. The van der Waals surface area contributed by atoms with Crippen LogP contribution >= 0.6 is 0 Å². The van der Waals surface area contributed by atoms with Gasteiger partial charge in [0.2, 0.25) is 0 Å². The number of carbonyl (C=O) groups excluding carboxylic acids is 3. The summed E-state index contributed by atoms with van der Waals surface area (Å²) in [6.07, 6.45) is 0. The summed E-state index contributed by atoms with van der Waals surface area (Å²) in [6.45, 7) is 0.457. The van der Waals surface area contributed by atoms with Crippen LogP contribution in [0.4, 0.5) is 0 Å². The number of nitrogens with zero attached hydrogens (tertiary/aromatic N) is 2. The molecule has 4 rings (SSSR count). The van der Waals surface area contributed by atoms with Crippen molar-refractivity contribution in [2.75, 3.05) is 6.54 Å². The molecule has 2 heterocycles. The van der Waals surface area contributed by atoms with Gasteiger partial charge in [0.25, 0.3) is 17.7 Å². The molecule has 3 amide bonds. The fourth-order valence-electron chi connectivity index (χ4n) is 2.90. The lowest BCUT2D eigenvalue weighted by atomic mass is 10.1. The Bertz CT molecular complexity index is 799. The summed E-state index contributed by atoms with van der Waals surface area (Å²) in [5, 5.41) is 1.20. The zero-order valence-corrected chi connectivity index (χ0v) is 12.7. The third-order valence-electron chi connectivity index (χ3n) is 4.24. The molecule has 2 aliphatic rings. The van der Waals surface area contributed by atoms with Gasteiger partial charge in [0.1, 0.15) is 12.6 Å². The van der Waals surface area contributed by atoms with Gasteiger partial charge >= 0.3 is 0 Å². The number of hydroxylamine groups is 2. The Kier molecular flexibility index (Phi) is 3.39. The molecule has 2 aromatic carbocycles. The van der Waals surface area contributed by atoms with Gasteiger partial charge in [-0.3, -0.25) is 24.1 Å². The lowest BCUT2D eigenvalue weighted by Crippen LogP contribution is -2.64. The van der Waals surface area contributed by atoms with Crippen LogP contribution in [0.3, 0.4) is 0 Å². The van der Waals surface area contributed by atoms with Crippen molar-refractivity contribution >= 4 is 17.7 Å². The van der Waals surface area contributed by atoms with Crippen LogP contribution in [0, 0.1) is 0 Å². The highest BCUT2D eigenvalue weighted by atomic mass is 16.7. The van der Waals surface area contributed by atoms with E-state index in [-0.39, 0.29) is 19.1 Å². The van der Waals surface area contributed by atoms with E-state index in [9.17, 15) is 14.4 Å². The number of carbonyl (C=O) groups is 3. The molecule has 1 atom stereocenters. The summed E-state index contributed by atoms with van der Waals surface area (Å²) in [6, 6.07) is 15.3. The van der Waals surface area contributed by atoms with Gasteiger partial charge in [-0.1, -0.05) is 42.5 Å². The summed E-state index contributed by atoms with van der Waals surface area (Å²) < 4.78 is 0. The van der Waals surface area contributed by atoms with Crippen LogP contribution in [0.15, 0.2) is 54.6 Å². The van der Waals surface area contributed by atoms with Crippen molar-refractivity contribution < 1.29 is 19.2 Å². The molecule has 6 heteroatoms. The lowest BCUT2D eigenvalue weighted by Gasteiger charge is -2.40. The molecule has 0 N–H and O–H groups in total. The number of benzene rings is 2. The van der Waals surface area contributed by atoms with E-state index >= 15 is 0 Å². The largest absolute Gasteiger partial charge is 0.271 e. The third-order valence-corrected chi connectivity index (χ3v) is 4.24. The average molecular weight is 322 g/mol. The Hall–Kier alpha value is -2.99. The van der Waals surface area contributed by atoms with Crippen molar-refractivity contribution in [3.63, 3.8) is 0 Å². The molecular weight excluding hydrogens is 308 g/mol. The second-order valence-corrected chi connectivity index (χ2v) is 5.70.